The molecular formula is C13H29N. The number of rotatable bonds is 8. The minimum Gasteiger partial charge on any atom is -0.312 e. The van der Waals surface area contributed by atoms with E-state index in [1.807, 2.05) is 0 Å². The molecule has 0 aromatic rings. The van der Waals surface area contributed by atoms with Crippen LogP contribution in [0.4, 0.5) is 0 Å². The average Bonchev–Trinajstić information content (AvgIpc) is 2.03. The van der Waals surface area contributed by atoms with Crippen LogP contribution >= 0.6 is 0 Å². The summed E-state index contributed by atoms with van der Waals surface area (Å²) in [5, 5.41) is 3.59. The Morgan fingerprint density at radius 3 is 1.79 bits per heavy atom. The molecular weight excluding hydrogens is 170 g/mol. The maximum atomic E-state index is 3.59. The first-order valence-corrected chi connectivity index (χ1v) is 6.36. The molecule has 0 amide bonds. The van der Waals surface area contributed by atoms with Crippen molar-refractivity contribution in [3.63, 3.8) is 0 Å². The van der Waals surface area contributed by atoms with Gasteiger partial charge in [-0.2, -0.15) is 0 Å². The van der Waals surface area contributed by atoms with Crippen LogP contribution in [-0.2, 0) is 0 Å². The second kappa shape index (κ2) is 8.28. The summed E-state index contributed by atoms with van der Waals surface area (Å²) in [6.45, 7) is 11.4. The van der Waals surface area contributed by atoms with Gasteiger partial charge in [-0.1, -0.05) is 53.4 Å². The van der Waals surface area contributed by atoms with Gasteiger partial charge in [0, 0.05) is 12.1 Å². The van der Waals surface area contributed by atoms with E-state index in [9.17, 15) is 0 Å². The van der Waals surface area contributed by atoms with Gasteiger partial charge in [-0.3, -0.25) is 0 Å². The van der Waals surface area contributed by atoms with E-state index < -0.39 is 0 Å². The molecule has 0 aromatic carbocycles. The van der Waals surface area contributed by atoms with Crippen molar-refractivity contribution in [1.29, 1.82) is 0 Å². The summed E-state index contributed by atoms with van der Waals surface area (Å²) < 4.78 is 0. The van der Waals surface area contributed by atoms with E-state index in [0.29, 0.717) is 12.1 Å². The fraction of sp³-hybridized carbons (Fsp3) is 1.00. The third-order valence-corrected chi connectivity index (χ3v) is 2.70. The van der Waals surface area contributed by atoms with Crippen LogP contribution in [0, 0.1) is 5.92 Å². The largest absolute Gasteiger partial charge is 0.312 e. The molecule has 1 atom stereocenters. The molecule has 0 bridgehead atoms. The Labute approximate surface area is 90.7 Å². The van der Waals surface area contributed by atoms with Crippen molar-refractivity contribution in [2.24, 2.45) is 5.92 Å². The summed E-state index contributed by atoms with van der Waals surface area (Å²) in [7, 11) is 0. The zero-order valence-corrected chi connectivity index (χ0v) is 10.8. The minimum absolute atomic E-state index is 0.619. The van der Waals surface area contributed by atoms with Crippen LogP contribution in [0.2, 0.25) is 0 Å². The van der Waals surface area contributed by atoms with Gasteiger partial charge < -0.3 is 5.32 Å². The Kier molecular flexibility index (Phi) is 8.26. The molecule has 0 saturated carbocycles. The van der Waals surface area contributed by atoms with Gasteiger partial charge in [-0.05, 0) is 19.3 Å². The third kappa shape index (κ3) is 7.37. The predicted octanol–water partition coefficient (Wildman–Crippen LogP) is 3.98. The molecule has 0 aliphatic carbocycles. The normalized spacial score (nSPS) is 13.9. The van der Waals surface area contributed by atoms with Crippen LogP contribution in [0.1, 0.15) is 66.7 Å². The van der Waals surface area contributed by atoms with Gasteiger partial charge in [0.2, 0.25) is 0 Å². The SMILES string of the molecule is CCCC(CCC)CC(C)NC(C)C. The average molecular weight is 199 g/mol. The minimum atomic E-state index is 0.619. The van der Waals surface area contributed by atoms with Crippen molar-refractivity contribution in [3.05, 3.63) is 0 Å². The molecule has 1 unspecified atom stereocenters. The van der Waals surface area contributed by atoms with E-state index in [1.165, 1.54) is 32.1 Å². The summed E-state index contributed by atoms with van der Waals surface area (Å²) in [4.78, 5) is 0. The Bertz CT molecular complexity index is 114. The molecule has 0 saturated heterocycles. The van der Waals surface area contributed by atoms with E-state index in [2.05, 4.69) is 39.9 Å². The molecule has 86 valence electrons. The van der Waals surface area contributed by atoms with Crippen molar-refractivity contribution < 1.29 is 0 Å². The standard InChI is InChI=1S/C13H29N/c1-6-8-13(9-7-2)10-12(5)14-11(3)4/h11-14H,6-10H2,1-5H3. The molecule has 0 aliphatic rings. The Balaban J connectivity index is 3.76. The highest BCUT2D eigenvalue weighted by molar-refractivity contribution is 4.69. The molecule has 14 heavy (non-hydrogen) atoms. The Morgan fingerprint density at radius 2 is 1.43 bits per heavy atom. The fourth-order valence-electron chi connectivity index (χ4n) is 2.33. The topological polar surface area (TPSA) is 12.0 Å². The number of hydrogen-bond acceptors (Lipinski definition) is 1. The number of nitrogens with one attached hydrogen (secondary N) is 1. The van der Waals surface area contributed by atoms with E-state index >= 15 is 0 Å². The lowest BCUT2D eigenvalue weighted by molar-refractivity contribution is 0.342. The summed E-state index contributed by atoms with van der Waals surface area (Å²) >= 11 is 0. The molecule has 0 rings (SSSR count). The molecule has 1 N–H and O–H groups in total. The van der Waals surface area contributed by atoms with Crippen molar-refractivity contribution >= 4 is 0 Å². The van der Waals surface area contributed by atoms with Gasteiger partial charge in [-0.15, -0.1) is 0 Å². The van der Waals surface area contributed by atoms with Crippen LogP contribution in [0.25, 0.3) is 0 Å². The van der Waals surface area contributed by atoms with Crippen LogP contribution in [0.3, 0.4) is 0 Å². The zero-order chi connectivity index (χ0) is 11.0. The van der Waals surface area contributed by atoms with Gasteiger partial charge in [-0.25, -0.2) is 0 Å². The van der Waals surface area contributed by atoms with Crippen molar-refractivity contribution in [2.75, 3.05) is 0 Å². The van der Waals surface area contributed by atoms with E-state index in [4.69, 9.17) is 0 Å². The van der Waals surface area contributed by atoms with Crippen LogP contribution in [-0.4, -0.2) is 12.1 Å². The predicted molar refractivity (Wildman–Crippen MR) is 65.7 cm³/mol. The molecule has 0 radical (unpaired) electrons. The molecule has 0 aromatic heterocycles. The lowest BCUT2D eigenvalue weighted by Gasteiger charge is -2.22. The highest BCUT2D eigenvalue weighted by Gasteiger charge is 2.11. The molecule has 0 aliphatic heterocycles. The highest BCUT2D eigenvalue weighted by Crippen LogP contribution is 2.19. The smallest absolute Gasteiger partial charge is 0.00437 e. The number of hydrogen-bond donors (Lipinski definition) is 1. The first-order valence-electron chi connectivity index (χ1n) is 6.36. The monoisotopic (exact) mass is 199 g/mol. The van der Waals surface area contributed by atoms with Crippen molar-refractivity contribution in [2.45, 2.75) is 78.8 Å². The van der Waals surface area contributed by atoms with Crippen molar-refractivity contribution in [1.82, 2.24) is 5.32 Å². The lowest BCUT2D eigenvalue weighted by Crippen LogP contribution is -2.33. The van der Waals surface area contributed by atoms with Gasteiger partial charge in [0.1, 0.15) is 0 Å². The van der Waals surface area contributed by atoms with E-state index in [1.54, 1.807) is 0 Å². The van der Waals surface area contributed by atoms with E-state index in [-0.39, 0.29) is 0 Å². The second-order valence-corrected chi connectivity index (χ2v) is 4.90. The molecule has 0 heterocycles. The van der Waals surface area contributed by atoms with Gasteiger partial charge in [0.25, 0.3) is 0 Å². The first-order chi connectivity index (χ1) is 6.60. The van der Waals surface area contributed by atoms with E-state index in [0.717, 1.165) is 5.92 Å². The van der Waals surface area contributed by atoms with Gasteiger partial charge in [0.05, 0.1) is 0 Å². The van der Waals surface area contributed by atoms with Gasteiger partial charge in [0.15, 0.2) is 0 Å². The molecule has 0 spiro atoms. The lowest BCUT2D eigenvalue weighted by atomic mass is 9.91. The fourth-order valence-corrected chi connectivity index (χ4v) is 2.33. The maximum Gasteiger partial charge on any atom is 0.00437 e. The molecule has 1 nitrogen and oxygen atoms in total. The third-order valence-electron chi connectivity index (χ3n) is 2.70. The summed E-state index contributed by atoms with van der Waals surface area (Å²) in [6.07, 6.45) is 6.81. The quantitative estimate of drug-likeness (QED) is 0.623. The van der Waals surface area contributed by atoms with Crippen LogP contribution < -0.4 is 5.32 Å². The Hall–Kier alpha value is -0.0400. The Morgan fingerprint density at radius 1 is 0.929 bits per heavy atom. The highest BCUT2D eigenvalue weighted by atomic mass is 14.9. The van der Waals surface area contributed by atoms with Crippen molar-refractivity contribution in [3.8, 4) is 0 Å². The summed E-state index contributed by atoms with van der Waals surface area (Å²) in [5.74, 6) is 0.936. The summed E-state index contributed by atoms with van der Waals surface area (Å²) in [5.41, 5.74) is 0. The van der Waals surface area contributed by atoms with Crippen LogP contribution in [0.5, 0.6) is 0 Å². The maximum absolute atomic E-state index is 3.59. The molecule has 0 fully saturated rings. The first kappa shape index (κ1) is 14.0. The second-order valence-electron chi connectivity index (χ2n) is 4.90. The zero-order valence-electron chi connectivity index (χ0n) is 10.8. The van der Waals surface area contributed by atoms with Crippen LogP contribution in [0.15, 0.2) is 0 Å². The molecule has 1 heteroatoms. The van der Waals surface area contributed by atoms with Gasteiger partial charge >= 0.3 is 0 Å². The summed E-state index contributed by atoms with van der Waals surface area (Å²) in [6, 6.07) is 1.30.